The van der Waals surface area contributed by atoms with Crippen molar-refractivity contribution in [2.75, 3.05) is 54.7 Å². The molecule has 0 bridgehead atoms. The summed E-state index contributed by atoms with van der Waals surface area (Å²) in [6, 6.07) is 8.07. The quantitative estimate of drug-likeness (QED) is 0.117. The van der Waals surface area contributed by atoms with Gasteiger partial charge in [0.1, 0.15) is 0 Å². The molecule has 0 aliphatic rings. The van der Waals surface area contributed by atoms with Gasteiger partial charge in [0.2, 0.25) is 11.5 Å². The van der Waals surface area contributed by atoms with Crippen molar-refractivity contribution in [1.29, 1.82) is 0 Å². The van der Waals surface area contributed by atoms with Crippen molar-refractivity contribution in [3.63, 3.8) is 0 Å². The van der Waals surface area contributed by atoms with E-state index in [1.54, 1.807) is 28.4 Å². The maximum Gasteiger partial charge on any atom is 0.203 e. The third-order valence-corrected chi connectivity index (χ3v) is 7.17. The molecule has 0 aliphatic carbocycles. The van der Waals surface area contributed by atoms with E-state index in [1.807, 2.05) is 24.3 Å². The summed E-state index contributed by atoms with van der Waals surface area (Å²) >= 11 is 0. The topological polar surface area (TPSA) is 79.4 Å². The second-order valence-electron chi connectivity index (χ2n) is 10.5. The Labute approximate surface area is 254 Å². The highest BCUT2D eigenvalue weighted by Gasteiger charge is 2.15. The third kappa shape index (κ3) is 12.6. The first-order chi connectivity index (χ1) is 20.6. The minimum atomic E-state index is 0.659. The number of benzene rings is 2. The maximum atomic E-state index is 6.06. The van der Waals surface area contributed by atoms with Crippen LogP contribution >= 0.6 is 0 Å². The van der Waals surface area contributed by atoms with Gasteiger partial charge in [-0.15, -0.1) is 0 Å². The van der Waals surface area contributed by atoms with Crippen molar-refractivity contribution in [2.45, 2.75) is 91.1 Å². The molecule has 0 fully saturated rings. The zero-order valence-corrected chi connectivity index (χ0v) is 27.1. The standard InChI is InChI=1S/C34H56N2O6/c1-7-9-11-13-15-19-41-33-29(37-3)21-27(22-30(33)38-4)25-35-17-18-36-26-28-23-31(39-5)34(32(24-28)40-6)42-20-16-14-12-10-8-2/h21-24,35-36H,7-20,25-26H2,1-6H3. The molecule has 2 rings (SSSR count). The smallest absolute Gasteiger partial charge is 0.203 e. The molecule has 42 heavy (non-hydrogen) atoms. The van der Waals surface area contributed by atoms with Gasteiger partial charge in [0.15, 0.2) is 23.0 Å². The molecular weight excluding hydrogens is 532 g/mol. The average molecular weight is 589 g/mol. The molecule has 2 N–H and O–H groups in total. The molecule has 2 aromatic rings. The first kappa shape index (κ1) is 35.4. The van der Waals surface area contributed by atoms with E-state index in [9.17, 15) is 0 Å². The lowest BCUT2D eigenvalue weighted by molar-refractivity contribution is 0.267. The van der Waals surface area contributed by atoms with Crippen LogP contribution in [0.5, 0.6) is 34.5 Å². The molecule has 0 heterocycles. The normalized spacial score (nSPS) is 10.9. The molecule has 0 saturated carbocycles. The van der Waals surface area contributed by atoms with E-state index < -0.39 is 0 Å². The molecule has 0 atom stereocenters. The van der Waals surface area contributed by atoms with Crippen molar-refractivity contribution in [3.05, 3.63) is 35.4 Å². The first-order valence-corrected chi connectivity index (χ1v) is 15.8. The van der Waals surface area contributed by atoms with Gasteiger partial charge in [-0.25, -0.2) is 0 Å². The number of unbranched alkanes of at least 4 members (excludes halogenated alkanes) is 8. The van der Waals surface area contributed by atoms with Crippen LogP contribution in [0, 0.1) is 0 Å². The fraction of sp³-hybridized carbons (Fsp3) is 0.647. The summed E-state index contributed by atoms with van der Waals surface area (Å²) in [6.07, 6.45) is 11.9. The van der Waals surface area contributed by atoms with Gasteiger partial charge in [-0.2, -0.15) is 0 Å². The lowest BCUT2D eigenvalue weighted by Gasteiger charge is -2.17. The van der Waals surface area contributed by atoms with Gasteiger partial charge in [0.25, 0.3) is 0 Å². The molecule has 0 saturated heterocycles. The highest BCUT2D eigenvalue weighted by molar-refractivity contribution is 5.54. The Hall–Kier alpha value is -2.84. The second-order valence-corrected chi connectivity index (χ2v) is 10.5. The predicted molar refractivity (Wildman–Crippen MR) is 171 cm³/mol. The van der Waals surface area contributed by atoms with Gasteiger partial charge in [0.05, 0.1) is 41.7 Å². The number of nitrogens with one attached hydrogen (secondary N) is 2. The third-order valence-electron chi connectivity index (χ3n) is 7.17. The molecule has 0 amide bonds. The van der Waals surface area contributed by atoms with Gasteiger partial charge in [-0.3, -0.25) is 0 Å². The van der Waals surface area contributed by atoms with Crippen LogP contribution in [0.4, 0.5) is 0 Å². The Bertz CT molecular complexity index is 870. The Kier molecular flexibility index (Phi) is 18.4. The Morgan fingerprint density at radius 1 is 0.476 bits per heavy atom. The molecular formula is C34H56N2O6. The zero-order valence-electron chi connectivity index (χ0n) is 27.1. The number of hydrogen-bond acceptors (Lipinski definition) is 8. The van der Waals surface area contributed by atoms with Gasteiger partial charge >= 0.3 is 0 Å². The monoisotopic (exact) mass is 588 g/mol. The SMILES string of the molecule is CCCCCCCOc1c(OC)cc(CNCCNCc2cc(OC)c(OCCCCCCC)c(OC)c2)cc1OC. The minimum absolute atomic E-state index is 0.659. The summed E-state index contributed by atoms with van der Waals surface area (Å²) in [5, 5.41) is 6.99. The molecule has 0 aliphatic heterocycles. The van der Waals surface area contributed by atoms with Crippen LogP contribution < -0.4 is 39.1 Å². The number of methoxy groups -OCH3 is 4. The van der Waals surface area contributed by atoms with Gasteiger partial charge in [-0.1, -0.05) is 65.2 Å². The van der Waals surface area contributed by atoms with Crippen LogP contribution in [0.15, 0.2) is 24.3 Å². The van der Waals surface area contributed by atoms with E-state index in [1.165, 1.54) is 51.4 Å². The van der Waals surface area contributed by atoms with Crippen molar-refractivity contribution < 1.29 is 28.4 Å². The van der Waals surface area contributed by atoms with Crippen LogP contribution in [0.1, 0.15) is 89.2 Å². The van der Waals surface area contributed by atoms with Crippen molar-refractivity contribution in [2.24, 2.45) is 0 Å². The van der Waals surface area contributed by atoms with Crippen molar-refractivity contribution >= 4 is 0 Å². The predicted octanol–water partition coefficient (Wildman–Crippen LogP) is 7.30. The molecule has 8 heteroatoms. The van der Waals surface area contributed by atoms with Gasteiger partial charge in [-0.05, 0) is 48.2 Å². The number of rotatable bonds is 25. The average Bonchev–Trinajstić information content (AvgIpc) is 3.02. The van der Waals surface area contributed by atoms with Gasteiger partial charge in [0, 0.05) is 26.2 Å². The molecule has 2 aromatic carbocycles. The Morgan fingerprint density at radius 3 is 1.12 bits per heavy atom. The maximum absolute atomic E-state index is 6.06. The summed E-state index contributed by atoms with van der Waals surface area (Å²) in [5.41, 5.74) is 2.16. The van der Waals surface area contributed by atoms with E-state index >= 15 is 0 Å². The second kappa shape index (κ2) is 21.8. The lowest BCUT2D eigenvalue weighted by atomic mass is 10.1. The van der Waals surface area contributed by atoms with Crippen LogP contribution in [0.25, 0.3) is 0 Å². The van der Waals surface area contributed by atoms with E-state index in [2.05, 4.69) is 24.5 Å². The largest absolute Gasteiger partial charge is 0.493 e. The molecule has 0 spiro atoms. The number of hydrogen-bond donors (Lipinski definition) is 2. The van der Waals surface area contributed by atoms with Gasteiger partial charge < -0.3 is 39.1 Å². The van der Waals surface area contributed by atoms with E-state index in [-0.39, 0.29) is 0 Å². The van der Waals surface area contributed by atoms with E-state index in [4.69, 9.17) is 28.4 Å². The van der Waals surface area contributed by atoms with Crippen molar-refractivity contribution in [1.82, 2.24) is 10.6 Å². The highest BCUT2D eigenvalue weighted by Crippen LogP contribution is 2.39. The van der Waals surface area contributed by atoms with E-state index in [0.29, 0.717) is 60.8 Å². The van der Waals surface area contributed by atoms with Crippen LogP contribution in [-0.2, 0) is 13.1 Å². The van der Waals surface area contributed by atoms with Crippen LogP contribution in [0.3, 0.4) is 0 Å². The Morgan fingerprint density at radius 2 is 0.810 bits per heavy atom. The summed E-state index contributed by atoms with van der Waals surface area (Å²) in [4.78, 5) is 0. The van der Waals surface area contributed by atoms with Crippen molar-refractivity contribution in [3.8, 4) is 34.5 Å². The lowest BCUT2D eigenvalue weighted by Crippen LogP contribution is -2.26. The fourth-order valence-corrected chi connectivity index (χ4v) is 4.76. The Balaban J connectivity index is 1.81. The van der Waals surface area contributed by atoms with Crippen LogP contribution in [-0.4, -0.2) is 54.7 Å². The highest BCUT2D eigenvalue weighted by atomic mass is 16.5. The molecule has 0 unspecified atom stereocenters. The summed E-state index contributed by atoms with van der Waals surface area (Å²) in [7, 11) is 6.67. The summed E-state index contributed by atoms with van der Waals surface area (Å²) in [6.45, 7) is 8.75. The molecule has 0 aromatic heterocycles. The van der Waals surface area contributed by atoms with Crippen LogP contribution in [0.2, 0.25) is 0 Å². The first-order valence-electron chi connectivity index (χ1n) is 15.8. The summed E-state index contributed by atoms with van der Waals surface area (Å²) in [5.74, 6) is 4.15. The zero-order chi connectivity index (χ0) is 30.4. The minimum Gasteiger partial charge on any atom is -0.493 e. The molecule has 0 radical (unpaired) electrons. The summed E-state index contributed by atoms with van der Waals surface area (Å²) < 4.78 is 34.6. The van der Waals surface area contributed by atoms with E-state index in [0.717, 1.165) is 37.1 Å². The fourth-order valence-electron chi connectivity index (χ4n) is 4.76. The molecule has 8 nitrogen and oxygen atoms in total. The number of ether oxygens (including phenoxy) is 6. The molecule has 238 valence electrons.